The Labute approximate surface area is 334 Å². The van der Waals surface area contributed by atoms with Gasteiger partial charge in [0, 0.05) is 63.6 Å². The minimum absolute atomic E-state index is 0.263. The number of hydrogen-bond donors (Lipinski definition) is 0. The van der Waals surface area contributed by atoms with Crippen molar-refractivity contribution in [1.82, 2.24) is 0 Å². The molecular weight excluding hydrogens is 769 g/mol. The first kappa shape index (κ1) is 41.0. The summed E-state index contributed by atoms with van der Waals surface area (Å²) in [5.74, 6) is 8.69. The first-order valence-electron chi connectivity index (χ1n) is 17.2. The van der Waals surface area contributed by atoms with E-state index in [1.165, 1.54) is 35.2 Å². The van der Waals surface area contributed by atoms with Crippen molar-refractivity contribution in [3.8, 4) is 11.5 Å². The van der Waals surface area contributed by atoms with Crippen LogP contribution in [0.5, 0.6) is 11.5 Å². The van der Waals surface area contributed by atoms with E-state index in [-0.39, 0.29) is 25.4 Å². The number of benzene rings is 3. The summed E-state index contributed by atoms with van der Waals surface area (Å²) in [6.45, 7) is 9.86. The summed E-state index contributed by atoms with van der Waals surface area (Å²) >= 11 is 11.6. The second-order valence-corrected chi connectivity index (χ2v) is 20.1. The lowest BCUT2D eigenvalue weighted by atomic mass is 9.71. The molecule has 6 nitrogen and oxygen atoms in total. The van der Waals surface area contributed by atoms with Gasteiger partial charge in [-0.05, 0) is 47.9 Å². The van der Waals surface area contributed by atoms with Gasteiger partial charge in [0.25, 0.3) is 0 Å². The van der Waals surface area contributed by atoms with E-state index < -0.39 is 17.4 Å². The molecule has 2 fully saturated rings. The monoisotopic (exact) mass is 814 g/mol. The summed E-state index contributed by atoms with van der Waals surface area (Å²) in [4.78, 5) is 24.1. The van der Waals surface area contributed by atoms with Crippen LogP contribution in [0.15, 0.2) is 104 Å². The molecule has 52 heavy (non-hydrogen) atoms. The van der Waals surface area contributed by atoms with E-state index in [4.69, 9.17) is 18.9 Å². The molecule has 0 bridgehead atoms. The predicted molar refractivity (Wildman–Crippen MR) is 228 cm³/mol. The summed E-state index contributed by atoms with van der Waals surface area (Å²) in [7, 11) is 0. The third kappa shape index (κ3) is 12.4. The standard InChI is InChI=1S/C40H46O6S6/c1-4-36(41)45-34(25-47-27-38-49-19-20-50-38)23-43-32-15-11-30(12-16-32)40(3,29-9-7-6-8-10-29)31-13-17-33(18-14-31)44-24-35(46-37(42)5-2)26-48-28-39-51-21-22-52-39/h4-18,34-35,38-39H,1-2,19-28H2,3H3. The van der Waals surface area contributed by atoms with Gasteiger partial charge in [0.15, 0.2) is 0 Å². The fourth-order valence-electron chi connectivity index (χ4n) is 5.67. The molecule has 0 aromatic heterocycles. The molecule has 5 rings (SSSR count). The Kier molecular flexibility index (Phi) is 17.0. The number of carbonyl (C=O) groups excluding carboxylic acids is 2. The zero-order chi connectivity index (χ0) is 36.6. The quantitative estimate of drug-likeness (QED) is 0.0586. The smallest absolute Gasteiger partial charge is 0.330 e. The Morgan fingerprint density at radius 2 is 1.06 bits per heavy atom. The summed E-state index contributed by atoms with van der Waals surface area (Å²) in [6, 6.07) is 26.7. The lowest BCUT2D eigenvalue weighted by molar-refractivity contribution is -0.144. The van der Waals surface area contributed by atoms with E-state index in [0.29, 0.717) is 32.2 Å². The van der Waals surface area contributed by atoms with Crippen LogP contribution in [0.1, 0.15) is 23.6 Å². The molecule has 0 N–H and O–H groups in total. The van der Waals surface area contributed by atoms with Crippen molar-refractivity contribution in [3.05, 3.63) is 121 Å². The highest BCUT2D eigenvalue weighted by atomic mass is 32.2. The summed E-state index contributed by atoms with van der Waals surface area (Å²) < 4.78 is 24.8. The van der Waals surface area contributed by atoms with Crippen molar-refractivity contribution in [3.63, 3.8) is 0 Å². The Balaban J connectivity index is 1.23. The van der Waals surface area contributed by atoms with Crippen LogP contribution in [0.4, 0.5) is 0 Å². The highest BCUT2D eigenvalue weighted by Crippen LogP contribution is 2.40. The van der Waals surface area contributed by atoms with Crippen molar-refractivity contribution in [1.29, 1.82) is 0 Å². The maximum atomic E-state index is 12.0. The molecule has 0 amide bonds. The Morgan fingerprint density at radius 1 is 0.673 bits per heavy atom. The van der Waals surface area contributed by atoms with Crippen LogP contribution in [0.3, 0.4) is 0 Å². The molecule has 0 aliphatic carbocycles. The second-order valence-electron chi connectivity index (χ2n) is 12.1. The fourth-order valence-corrected chi connectivity index (χ4v) is 14.4. The Morgan fingerprint density at radius 3 is 1.44 bits per heavy atom. The van der Waals surface area contributed by atoms with E-state index in [2.05, 4.69) is 68.6 Å². The SMILES string of the molecule is C=CC(=O)OC(COc1ccc(C(C)(c2ccccc2)c2ccc(OCC(CSCC3SCCS3)OC(=O)C=C)cc2)cc1)CSCC1SCCS1. The van der Waals surface area contributed by atoms with Crippen molar-refractivity contribution in [2.75, 3.05) is 59.2 Å². The molecule has 2 aliphatic rings. The van der Waals surface area contributed by atoms with Gasteiger partial charge < -0.3 is 18.9 Å². The lowest BCUT2D eigenvalue weighted by Crippen LogP contribution is -2.28. The van der Waals surface area contributed by atoms with Crippen molar-refractivity contribution in [2.45, 2.75) is 33.7 Å². The number of esters is 2. The first-order chi connectivity index (χ1) is 25.4. The van der Waals surface area contributed by atoms with Gasteiger partial charge in [-0.3, -0.25) is 0 Å². The van der Waals surface area contributed by atoms with Gasteiger partial charge in [-0.1, -0.05) is 67.8 Å². The maximum Gasteiger partial charge on any atom is 0.330 e. The Hall–Kier alpha value is -2.22. The van der Waals surface area contributed by atoms with E-state index in [0.717, 1.165) is 28.2 Å². The van der Waals surface area contributed by atoms with Crippen LogP contribution < -0.4 is 9.47 Å². The average Bonchev–Trinajstić information content (AvgIpc) is 3.91. The van der Waals surface area contributed by atoms with Gasteiger partial charge in [-0.2, -0.15) is 23.5 Å². The van der Waals surface area contributed by atoms with Gasteiger partial charge in [0.1, 0.15) is 36.9 Å². The predicted octanol–water partition coefficient (Wildman–Crippen LogP) is 9.07. The first-order valence-corrected chi connectivity index (χ1v) is 23.7. The van der Waals surface area contributed by atoms with Gasteiger partial charge >= 0.3 is 11.9 Å². The van der Waals surface area contributed by atoms with Gasteiger partial charge in [-0.15, -0.1) is 47.0 Å². The fraction of sp³-hybridized carbons (Fsp3) is 0.400. The molecule has 2 aliphatic heterocycles. The molecule has 278 valence electrons. The number of hydrogen-bond acceptors (Lipinski definition) is 12. The maximum absolute atomic E-state index is 12.0. The van der Waals surface area contributed by atoms with Crippen molar-refractivity contribution >= 4 is 82.5 Å². The Bertz CT molecular complexity index is 1460. The highest BCUT2D eigenvalue weighted by Gasteiger charge is 2.31. The van der Waals surface area contributed by atoms with E-state index in [1.54, 1.807) is 23.5 Å². The zero-order valence-corrected chi connectivity index (χ0v) is 34.3. The molecular formula is C40H46O6S6. The van der Waals surface area contributed by atoms with Crippen molar-refractivity contribution in [2.24, 2.45) is 0 Å². The largest absolute Gasteiger partial charge is 0.490 e. The van der Waals surface area contributed by atoms with E-state index >= 15 is 0 Å². The summed E-state index contributed by atoms with van der Waals surface area (Å²) in [6.07, 6.45) is 1.65. The van der Waals surface area contributed by atoms with Crippen LogP contribution in [-0.2, 0) is 24.5 Å². The van der Waals surface area contributed by atoms with Crippen molar-refractivity contribution < 1.29 is 28.5 Å². The molecule has 0 radical (unpaired) electrons. The third-order valence-electron chi connectivity index (χ3n) is 8.48. The van der Waals surface area contributed by atoms with E-state index in [9.17, 15) is 9.59 Å². The minimum atomic E-state index is -0.470. The van der Waals surface area contributed by atoms with E-state index in [1.807, 2.05) is 77.4 Å². The molecule has 2 atom stereocenters. The van der Waals surface area contributed by atoms with Gasteiger partial charge in [0.05, 0.1) is 9.16 Å². The topological polar surface area (TPSA) is 71.1 Å². The second kappa shape index (κ2) is 21.6. The van der Waals surface area contributed by atoms with Gasteiger partial charge in [-0.25, -0.2) is 9.59 Å². The number of thioether (sulfide) groups is 6. The number of carbonyl (C=O) groups is 2. The highest BCUT2D eigenvalue weighted by molar-refractivity contribution is 8.21. The van der Waals surface area contributed by atoms with Crippen LogP contribution in [0.2, 0.25) is 0 Å². The van der Waals surface area contributed by atoms with Gasteiger partial charge in [0.2, 0.25) is 0 Å². The molecule has 3 aromatic rings. The summed E-state index contributed by atoms with van der Waals surface area (Å²) in [5.41, 5.74) is 2.88. The third-order valence-corrected chi connectivity index (χ3v) is 17.7. The lowest BCUT2D eigenvalue weighted by Gasteiger charge is -2.32. The van der Waals surface area contributed by atoms with Crippen LogP contribution >= 0.6 is 70.6 Å². The summed E-state index contributed by atoms with van der Waals surface area (Å²) in [5, 5.41) is 0. The van der Waals surface area contributed by atoms with Crippen LogP contribution in [0.25, 0.3) is 0 Å². The minimum Gasteiger partial charge on any atom is -0.490 e. The molecule has 2 saturated heterocycles. The average molecular weight is 815 g/mol. The molecule has 0 spiro atoms. The molecule has 2 unspecified atom stereocenters. The number of rotatable bonds is 21. The number of ether oxygens (including phenoxy) is 4. The normalized spacial score (nSPS) is 17.1. The van der Waals surface area contributed by atoms with Crippen LogP contribution in [0, 0.1) is 0 Å². The molecule has 2 heterocycles. The molecule has 12 heteroatoms. The zero-order valence-electron chi connectivity index (χ0n) is 29.4. The molecule has 3 aromatic carbocycles. The van der Waals surface area contributed by atoms with Crippen LogP contribution in [-0.4, -0.2) is 92.5 Å². The molecule has 0 saturated carbocycles.